The second kappa shape index (κ2) is 6.41. The maximum atomic E-state index is 11.3. The van der Waals surface area contributed by atoms with Crippen LogP contribution in [0.25, 0.3) is 0 Å². The highest BCUT2D eigenvalue weighted by atomic mass is 16.8. The van der Waals surface area contributed by atoms with Gasteiger partial charge in [-0.2, -0.15) is 0 Å². The van der Waals surface area contributed by atoms with Crippen molar-refractivity contribution in [3.05, 3.63) is 0 Å². The Hall–Kier alpha value is -1.34. The van der Waals surface area contributed by atoms with Gasteiger partial charge in [-0.25, -0.2) is 4.79 Å². The monoisotopic (exact) mass is 249 g/mol. The molecule has 1 atom stereocenters. The summed E-state index contributed by atoms with van der Waals surface area (Å²) in [5.74, 6) is -0.710. The Balaban J connectivity index is 4.36. The Morgan fingerprint density at radius 1 is 1.35 bits per heavy atom. The van der Waals surface area contributed by atoms with Gasteiger partial charge in [-0.1, -0.05) is 0 Å². The first-order valence-electron chi connectivity index (χ1n) is 5.03. The van der Waals surface area contributed by atoms with E-state index in [1.54, 1.807) is 20.8 Å². The number of aliphatic hydroxyl groups is 1. The first-order chi connectivity index (χ1) is 7.71. The van der Waals surface area contributed by atoms with Gasteiger partial charge in [-0.15, -0.1) is 5.06 Å². The number of carbonyl (C=O) groups excluding carboxylic acids is 2. The summed E-state index contributed by atoms with van der Waals surface area (Å²) in [5.41, 5.74) is -0.697. The van der Waals surface area contributed by atoms with Crippen molar-refractivity contribution in [1.29, 1.82) is 0 Å². The van der Waals surface area contributed by atoms with Crippen molar-refractivity contribution in [3.63, 3.8) is 0 Å². The van der Waals surface area contributed by atoms with Crippen LogP contribution in [-0.4, -0.2) is 54.7 Å². The SMILES string of the molecule is COC(=O)[C@H](CO)N(C)OC(=O)OC(C)(C)C. The normalized spacial score (nSPS) is 13.1. The molecule has 7 nitrogen and oxygen atoms in total. The lowest BCUT2D eigenvalue weighted by molar-refractivity contribution is -0.181. The van der Waals surface area contributed by atoms with Gasteiger partial charge in [0, 0.05) is 7.05 Å². The van der Waals surface area contributed by atoms with Crippen molar-refractivity contribution in [2.24, 2.45) is 0 Å². The lowest BCUT2D eigenvalue weighted by Crippen LogP contribution is -2.43. The van der Waals surface area contributed by atoms with Gasteiger partial charge in [0.1, 0.15) is 5.60 Å². The van der Waals surface area contributed by atoms with Gasteiger partial charge < -0.3 is 19.4 Å². The van der Waals surface area contributed by atoms with Crippen LogP contribution in [0.4, 0.5) is 4.79 Å². The maximum absolute atomic E-state index is 11.3. The number of hydrogen-bond acceptors (Lipinski definition) is 7. The maximum Gasteiger partial charge on any atom is 0.528 e. The third kappa shape index (κ3) is 6.08. The molecule has 0 aliphatic carbocycles. The molecule has 0 rings (SSSR count). The number of carbonyl (C=O) groups is 2. The molecule has 0 aromatic rings. The zero-order valence-electron chi connectivity index (χ0n) is 10.7. The first-order valence-corrected chi connectivity index (χ1v) is 5.03. The third-order valence-electron chi connectivity index (χ3n) is 1.69. The summed E-state index contributed by atoms with van der Waals surface area (Å²) < 4.78 is 9.31. The molecule has 0 aliphatic heterocycles. The highest BCUT2D eigenvalue weighted by Gasteiger charge is 2.28. The number of esters is 1. The second-order valence-electron chi connectivity index (χ2n) is 4.32. The van der Waals surface area contributed by atoms with Gasteiger partial charge in [0.05, 0.1) is 13.7 Å². The minimum atomic E-state index is -1.08. The summed E-state index contributed by atoms with van der Waals surface area (Å²) in [7, 11) is 2.49. The van der Waals surface area contributed by atoms with E-state index in [1.807, 2.05) is 0 Å². The molecule has 0 amide bonds. The molecule has 100 valence electrons. The number of hydroxylamine groups is 2. The standard InChI is InChI=1S/C10H19NO6/c1-10(2,3)16-9(14)17-11(4)7(6-12)8(13)15-5/h7,12H,6H2,1-5H3/t7-/m0/s1. The smallest absolute Gasteiger partial charge is 0.468 e. The molecule has 0 heterocycles. The largest absolute Gasteiger partial charge is 0.528 e. The van der Waals surface area contributed by atoms with Crippen LogP contribution in [-0.2, 0) is 19.1 Å². The van der Waals surface area contributed by atoms with E-state index >= 15 is 0 Å². The molecule has 0 saturated heterocycles. The molecule has 0 aromatic carbocycles. The summed E-state index contributed by atoms with van der Waals surface area (Å²) >= 11 is 0. The van der Waals surface area contributed by atoms with Crippen LogP contribution in [0.15, 0.2) is 0 Å². The van der Waals surface area contributed by atoms with Gasteiger partial charge in [0.2, 0.25) is 0 Å². The van der Waals surface area contributed by atoms with Crippen LogP contribution in [0.3, 0.4) is 0 Å². The van der Waals surface area contributed by atoms with E-state index in [4.69, 9.17) is 14.7 Å². The van der Waals surface area contributed by atoms with Crippen molar-refractivity contribution in [1.82, 2.24) is 5.06 Å². The van der Waals surface area contributed by atoms with Gasteiger partial charge in [0.25, 0.3) is 0 Å². The quantitative estimate of drug-likeness (QED) is 0.567. The summed E-state index contributed by atoms with van der Waals surface area (Å²) in [4.78, 5) is 27.2. The van der Waals surface area contributed by atoms with E-state index in [1.165, 1.54) is 14.2 Å². The Labute approximate surface area is 100 Å². The van der Waals surface area contributed by atoms with Gasteiger partial charge in [-0.05, 0) is 20.8 Å². The number of methoxy groups -OCH3 is 1. The van der Waals surface area contributed by atoms with Crippen LogP contribution in [0.2, 0.25) is 0 Å². The summed E-state index contributed by atoms with van der Waals surface area (Å²) in [6.45, 7) is 4.50. The van der Waals surface area contributed by atoms with E-state index < -0.39 is 30.4 Å². The molecule has 0 saturated carbocycles. The van der Waals surface area contributed by atoms with Crippen LogP contribution in [0.1, 0.15) is 20.8 Å². The minimum absolute atomic E-state index is 0.536. The van der Waals surface area contributed by atoms with Crippen LogP contribution in [0, 0.1) is 0 Å². The number of likely N-dealkylation sites (N-methyl/N-ethyl adjacent to an activating group) is 1. The van der Waals surface area contributed by atoms with Gasteiger partial charge >= 0.3 is 12.1 Å². The number of ether oxygens (including phenoxy) is 2. The fourth-order valence-corrected chi connectivity index (χ4v) is 0.924. The molecule has 7 heteroatoms. The number of rotatable bonds is 4. The molecule has 0 aliphatic rings. The van der Waals surface area contributed by atoms with Crippen LogP contribution >= 0.6 is 0 Å². The van der Waals surface area contributed by atoms with Crippen molar-refractivity contribution in [3.8, 4) is 0 Å². The highest BCUT2D eigenvalue weighted by Crippen LogP contribution is 2.09. The van der Waals surface area contributed by atoms with Crippen LogP contribution in [0.5, 0.6) is 0 Å². The van der Waals surface area contributed by atoms with Crippen molar-refractivity contribution in [2.75, 3.05) is 20.8 Å². The second-order valence-corrected chi connectivity index (χ2v) is 4.32. The topological polar surface area (TPSA) is 85.3 Å². The lowest BCUT2D eigenvalue weighted by Gasteiger charge is -2.25. The molecule has 0 fully saturated rings. The number of nitrogens with zero attached hydrogens (tertiary/aromatic N) is 1. The first kappa shape index (κ1) is 15.7. The Kier molecular flexibility index (Phi) is 5.90. The summed E-state index contributed by atoms with van der Waals surface area (Å²) in [6, 6.07) is -1.08. The molecule has 17 heavy (non-hydrogen) atoms. The van der Waals surface area contributed by atoms with Crippen molar-refractivity contribution >= 4 is 12.1 Å². The Morgan fingerprint density at radius 2 is 1.88 bits per heavy atom. The van der Waals surface area contributed by atoms with Gasteiger partial charge in [-0.3, -0.25) is 4.79 Å². The van der Waals surface area contributed by atoms with Crippen molar-refractivity contribution in [2.45, 2.75) is 32.4 Å². The van der Waals surface area contributed by atoms with E-state index in [-0.39, 0.29) is 0 Å². The van der Waals surface area contributed by atoms with E-state index in [0.717, 1.165) is 5.06 Å². The molecular weight excluding hydrogens is 230 g/mol. The summed E-state index contributed by atoms with van der Waals surface area (Å²) in [6.07, 6.45) is -0.956. The predicted molar refractivity (Wildman–Crippen MR) is 58.0 cm³/mol. The molecule has 0 unspecified atom stereocenters. The van der Waals surface area contributed by atoms with Crippen molar-refractivity contribution < 1.29 is 29.0 Å². The average Bonchev–Trinajstić information content (AvgIpc) is 2.15. The van der Waals surface area contributed by atoms with E-state index in [9.17, 15) is 9.59 Å². The fourth-order valence-electron chi connectivity index (χ4n) is 0.924. The molecule has 1 N–H and O–H groups in total. The predicted octanol–water partition coefficient (Wildman–Crippen LogP) is 0.319. The molecular formula is C10H19NO6. The van der Waals surface area contributed by atoms with E-state index in [2.05, 4.69) is 4.74 Å². The zero-order valence-corrected chi connectivity index (χ0v) is 10.7. The fraction of sp³-hybridized carbons (Fsp3) is 0.800. The molecule has 0 spiro atoms. The minimum Gasteiger partial charge on any atom is -0.468 e. The lowest BCUT2D eigenvalue weighted by atomic mass is 10.2. The number of hydrogen-bond donors (Lipinski definition) is 1. The average molecular weight is 249 g/mol. The summed E-state index contributed by atoms with van der Waals surface area (Å²) in [5, 5.41) is 9.86. The third-order valence-corrected chi connectivity index (χ3v) is 1.69. The highest BCUT2D eigenvalue weighted by molar-refractivity contribution is 5.75. The zero-order chi connectivity index (χ0) is 13.6. The molecule has 0 radical (unpaired) electrons. The molecule has 0 bridgehead atoms. The Morgan fingerprint density at radius 3 is 2.24 bits per heavy atom. The van der Waals surface area contributed by atoms with E-state index in [0.29, 0.717) is 0 Å². The Bertz CT molecular complexity index is 272. The number of aliphatic hydroxyl groups excluding tert-OH is 1. The van der Waals surface area contributed by atoms with Gasteiger partial charge in [0.15, 0.2) is 6.04 Å². The van der Waals surface area contributed by atoms with Crippen LogP contribution < -0.4 is 0 Å². The molecule has 0 aromatic heterocycles.